The van der Waals surface area contributed by atoms with Gasteiger partial charge in [0.15, 0.2) is 5.69 Å². The van der Waals surface area contributed by atoms with Crippen molar-refractivity contribution in [1.82, 2.24) is 20.4 Å². The van der Waals surface area contributed by atoms with Crippen molar-refractivity contribution in [3.05, 3.63) is 66.1 Å². The molecule has 0 fully saturated rings. The second-order valence-electron chi connectivity index (χ2n) is 4.78. The molecule has 0 unspecified atom stereocenters. The summed E-state index contributed by atoms with van der Waals surface area (Å²) in [5, 5.41) is 12.4. The second kappa shape index (κ2) is 7.17. The van der Waals surface area contributed by atoms with E-state index in [9.17, 15) is 4.79 Å². The number of hydrogen-bond acceptors (Lipinski definition) is 5. The zero-order chi connectivity index (χ0) is 15.9. The fourth-order valence-corrected chi connectivity index (χ4v) is 1.96. The lowest BCUT2D eigenvalue weighted by molar-refractivity contribution is 0.102. The molecule has 0 saturated heterocycles. The van der Waals surface area contributed by atoms with Gasteiger partial charge < -0.3 is 10.1 Å². The van der Waals surface area contributed by atoms with Crippen LogP contribution in [0, 0.1) is 0 Å². The van der Waals surface area contributed by atoms with Gasteiger partial charge >= 0.3 is 0 Å². The molecule has 0 aliphatic rings. The molecular formula is C16H15N5O2. The summed E-state index contributed by atoms with van der Waals surface area (Å²) >= 11 is 0. The molecule has 1 amide bonds. The van der Waals surface area contributed by atoms with Crippen LogP contribution in [-0.2, 0) is 6.42 Å². The fraction of sp³-hybridized carbons (Fsp3) is 0.125. The van der Waals surface area contributed by atoms with Crippen molar-refractivity contribution >= 4 is 11.6 Å². The van der Waals surface area contributed by atoms with Gasteiger partial charge in [-0.15, -0.1) is 0 Å². The summed E-state index contributed by atoms with van der Waals surface area (Å²) in [7, 11) is 0. The number of pyridine rings is 1. The summed E-state index contributed by atoms with van der Waals surface area (Å²) < 4.78 is 5.59. The van der Waals surface area contributed by atoms with E-state index < -0.39 is 0 Å². The van der Waals surface area contributed by atoms with E-state index in [0.29, 0.717) is 18.2 Å². The number of anilines is 1. The van der Waals surface area contributed by atoms with Crippen molar-refractivity contribution in [2.75, 3.05) is 11.9 Å². The van der Waals surface area contributed by atoms with E-state index >= 15 is 0 Å². The van der Waals surface area contributed by atoms with Gasteiger partial charge in [-0.2, -0.15) is 15.4 Å². The highest BCUT2D eigenvalue weighted by Gasteiger charge is 2.09. The van der Waals surface area contributed by atoms with Gasteiger partial charge in [0.2, 0.25) is 5.88 Å². The van der Waals surface area contributed by atoms with Gasteiger partial charge in [-0.3, -0.25) is 4.79 Å². The van der Waals surface area contributed by atoms with Gasteiger partial charge in [-0.25, -0.2) is 4.98 Å². The van der Waals surface area contributed by atoms with Crippen molar-refractivity contribution in [3.63, 3.8) is 0 Å². The Hall–Kier alpha value is -3.22. The molecule has 2 aromatic heterocycles. The molecule has 0 aliphatic heterocycles. The Balaban J connectivity index is 1.50. The Morgan fingerprint density at radius 2 is 2.00 bits per heavy atom. The molecular weight excluding hydrogens is 294 g/mol. The van der Waals surface area contributed by atoms with E-state index in [-0.39, 0.29) is 11.6 Å². The summed E-state index contributed by atoms with van der Waals surface area (Å²) in [5.74, 6) is 0.165. The average molecular weight is 309 g/mol. The highest BCUT2D eigenvalue weighted by Crippen LogP contribution is 2.13. The molecule has 23 heavy (non-hydrogen) atoms. The van der Waals surface area contributed by atoms with Crippen molar-refractivity contribution < 1.29 is 9.53 Å². The predicted molar refractivity (Wildman–Crippen MR) is 84.2 cm³/mol. The molecule has 3 rings (SSSR count). The quantitative estimate of drug-likeness (QED) is 0.727. The number of carbonyl (C=O) groups excluding carboxylic acids is 1. The number of aromatic amines is 1. The zero-order valence-electron chi connectivity index (χ0n) is 12.3. The first kappa shape index (κ1) is 14.7. The summed E-state index contributed by atoms with van der Waals surface area (Å²) in [4.78, 5) is 16.0. The minimum atomic E-state index is -0.349. The molecule has 0 aliphatic carbocycles. The molecule has 7 heteroatoms. The van der Waals surface area contributed by atoms with E-state index in [1.807, 2.05) is 18.2 Å². The third-order valence-corrected chi connectivity index (χ3v) is 3.13. The average Bonchev–Trinajstić information content (AvgIpc) is 3.12. The number of ether oxygens (including phenoxy) is 1. The molecule has 0 spiro atoms. The lowest BCUT2D eigenvalue weighted by Gasteiger charge is -2.07. The highest BCUT2D eigenvalue weighted by atomic mass is 16.5. The standard InChI is InChI=1S/C16H15N5O2/c22-16(14-11-18-21-20-14)19-13-6-7-15(17-10-13)23-9-8-12-4-2-1-3-5-12/h1-7,10-11H,8-9H2,(H,19,22)(H,18,20,21). The van der Waals surface area contributed by atoms with Crippen LogP contribution in [0.1, 0.15) is 16.1 Å². The SMILES string of the molecule is O=C(Nc1ccc(OCCc2ccccc2)nc1)c1cn[nH]n1. The number of benzene rings is 1. The summed E-state index contributed by atoms with van der Waals surface area (Å²) in [5.41, 5.74) is 1.99. The van der Waals surface area contributed by atoms with Crippen LogP contribution in [0.3, 0.4) is 0 Å². The van der Waals surface area contributed by atoms with E-state index in [0.717, 1.165) is 6.42 Å². The Bertz CT molecular complexity index is 742. The number of aromatic nitrogens is 4. The zero-order valence-corrected chi connectivity index (χ0v) is 12.3. The molecule has 2 N–H and O–H groups in total. The molecule has 0 atom stereocenters. The monoisotopic (exact) mass is 309 g/mol. The van der Waals surface area contributed by atoms with E-state index in [1.54, 1.807) is 12.1 Å². The van der Waals surface area contributed by atoms with Crippen LogP contribution in [0.2, 0.25) is 0 Å². The van der Waals surface area contributed by atoms with Crippen LogP contribution in [0.25, 0.3) is 0 Å². The molecule has 7 nitrogen and oxygen atoms in total. The van der Waals surface area contributed by atoms with Crippen LogP contribution in [0.15, 0.2) is 54.9 Å². The smallest absolute Gasteiger partial charge is 0.277 e. The maximum Gasteiger partial charge on any atom is 0.277 e. The predicted octanol–water partition coefficient (Wildman–Crippen LogP) is 2.07. The molecule has 0 bridgehead atoms. The van der Waals surface area contributed by atoms with Crippen molar-refractivity contribution in [3.8, 4) is 5.88 Å². The van der Waals surface area contributed by atoms with Crippen molar-refractivity contribution in [1.29, 1.82) is 0 Å². The van der Waals surface area contributed by atoms with Gasteiger partial charge in [-0.05, 0) is 11.6 Å². The molecule has 3 aromatic rings. The normalized spacial score (nSPS) is 10.3. The Morgan fingerprint density at radius 3 is 2.70 bits per heavy atom. The van der Waals surface area contributed by atoms with Gasteiger partial charge in [0.25, 0.3) is 5.91 Å². The molecule has 116 valence electrons. The number of carbonyl (C=O) groups is 1. The largest absolute Gasteiger partial charge is 0.477 e. The van der Waals surface area contributed by atoms with Crippen molar-refractivity contribution in [2.45, 2.75) is 6.42 Å². The van der Waals surface area contributed by atoms with Gasteiger partial charge in [0.1, 0.15) is 0 Å². The Labute approximate surface area is 132 Å². The third-order valence-electron chi connectivity index (χ3n) is 3.13. The Kier molecular flexibility index (Phi) is 4.58. The summed E-state index contributed by atoms with van der Waals surface area (Å²) in [6, 6.07) is 13.5. The van der Waals surface area contributed by atoms with Crippen LogP contribution in [-0.4, -0.2) is 32.9 Å². The van der Waals surface area contributed by atoms with Gasteiger partial charge in [0, 0.05) is 12.5 Å². The van der Waals surface area contributed by atoms with Crippen LogP contribution in [0.5, 0.6) is 5.88 Å². The van der Waals surface area contributed by atoms with Gasteiger partial charge in [0.05, 0.1) is 24.7 Å². The first-order chi connectivity index (χ1) is 11.3. The number of rotatable bonds is 6. The molecule has 0 saturated carbocycles. The molecule has 2 heterocycles. The number of nitrogens with zero attached hydrogens (tertiary/aromatic N) is 3. The fourth-order valence-electron chi connectivity index (χ4n) is 1.96. The van der Waals surface area contributed by atoms with E-state index in [1.165, 1.54) is 18.0 Å². The third kappa shape index (κ3) is 4.13. The first-order valence-corrected chi connectivity index (χ1v) is 7.11. The maximum atomic E-state index is 11.8. The molecule has 0 radical (unpaired) electrons. The minimum Gasteiger partial charge on any atom is -0.477 e. The van der Waals surface area contributed by atoms with E-state index in [4.69, 9.17) is 4.74 Å². The summed E-state index contributed by atoms with van der Waals surface area (Å²) in [6.07, 6.45) is 3.70. The number of amides is 1. The molecule has 1 aromatic carbocycles. The van der Waals surface area contributed by atoms with Crippen LogP contribution < -0.4 is 10.1 Å². The van der Waals surface area contributed by atoms with Crippen molar-refractivity contribution in [2.24, 2.45) is 0 Å². The maximum absolute atomic E-state index is 11.8. The topological polar surface area (TPSA) is 92.8 Å². The number of nitrogens with one attached hydrogen (secondary N) is 2. The minimum absolute atomic E-state index is 0.216. The lowest BCUT2D eigenvalue weighted by atomic mass is 10.2. The van der Waals surface area contributed by atoms with Gasteiger partial charge in [-0.1, -0.05) is 30.3 Å². The van der Waals surface area contributed by atoms with E-state index in [2.05, 4.69) is 37.8 Å². The first-order valence-electron chi connectivity index (χ1n) is 7.11. The summed E-state index contributed by atoms with van der Waals surface area (Å²) in [6.45, 7) is 0.543. The number of H-pyrrole nitrogens is 1. The Morgan fingerprint density at radius 1 is 1.13 bits per heavy atom. The second-order valence-corrected chi connectivity index (χ2v) is 4.78. The van der Waals surface area contributed by atoms with Crippen LogP contribution in [0.4, 0.5) is 5.69 Å². The van der Waals surface area contributed by atoms with Crippen LogP contribution >= 0.6 is 0 Å². The lowest BCUT2D eigenvalue weighted by Crippen LogP contribution is -2.12. The number of hydrogen-bond donors (Lipinski definition) is 2. The highest BCUT2D eigenvalue weighted by molar-refractivity contribution is 6.02.